The summed E-state index contributed by atoms with van der Waals surface area (Å²) in [6.07, 6.45) is 0. The van der Waals surface area contributed by atoms with Crippen molar-refractivity contribution in [3.8, 4) is 11.8 Å². The zero-order valence-electron chi connectivity index (χ0n) is 6.83. The summed E-state index contributed by atoms with van der Waals surface area (Å²) in [5, 5.41) is 21.0. The van der Waals surface area contributed by atoms with Gasteiger partial charge < -0.3 is 10.4 Å². The van der Waals surface area contributed by atoms with Gasteiger partial charge in [0.05, 0.1) is 11.3 Å². The molecule has 0 fully saturated rings. The lowest BCUT2D eigenvalue weighted by molar-refractivity contribution is 0.475. The monoisotopic (exact) mass is 162 g/mol. The zero-order valence-corrected chi connectivity index (χ0v) is 6.83. The van der Waals surface area contributed by atoms with E-state index in [-0.39, 0.29) is 5.75 Å². The molecule has 0 saturated carbocycles. The molecule has 0 aliphatic heterocycles. The highest BCUT2D eigenvalue weighted by Gasteiger charge is 2.03. The van der Waals surface area contributed by atoms with E-state index in [4.69, 9.17) is 5.26 Å². The lowest BCUT2D eigenvalue weighted by Crippen LogP contribution is -1.96. The van der Waals surface area contributed by atoms with Crippen molar-refractivity contribution in [1.29, 1.82) is 5.26 Å². The molecule has 0 atom stereocenters. The van der Waals surface area contributed by atoms with Crippen molar-refractivity contribution in [3.05, 3.63) is 23.8 Å². The second kappa shape index (κ2) is 3.63. The molecule has 1 rings (SSSR count). The Hall–Kier alpha value is -1.69. The Kier molecular flexibility index (Phi) is 2.54. The first kappa shape index (κ1) is 8.41. The van der Waals surface area contributed by atoms with Gasteiger partial charge in [0.15, 0.2) is 5.75 Å². The van der Waals surface area contributed by atoms with E-state index in [0.717, 1.165) is 6.54 Å². The normalized spacial score (nSPS) is 9.00. The first-order chi connectivity index (χ1) is 5.79. The fourth-order valence-electron chi connectivity index (χ4n) is 0.967. The number of hydrogen-bond acceptors (Lipinski definition) is 3. The molecule has 3 nitrogen and oxygen atoms in total. The van der Waals surface area contributed by atoms with Gasteiger partial charge in [-0.05, 0) is 19.1 Å². The minimum absolute atomic E-state index is 0.0295. The van der Waals surface area contributed by atoms with E-state index in [0.29, 0.717) is 11.3 Å². The molecule has 62 valence electrons. The minimum Gasteiger partial charge on any atom is -0.504 e. The van der Waals surface area contributed by atoms with Crippen molar-refractivity contribution in [2.24, 2.45) is 0 Å². The van der Waals surface area contributed by atoms with Gasteiger partial charge in [-0.25, -0.2) is 0 Å². The molecule has 3 heteroatoms. The number of nitrogens with zero attached hydrogens (tertiary/aromatic N) is 1. The molecule has 0 bridgehead atoms. The van der Waals surface area contributed by atoms with Crippen molar-refractivity contribution in [2.75, 3.05) is 11.9 Å². The van der Waals surface area contributed by atoms with Crippen LogP contribution in [0.5, 0.6) is 5.75 Å². The zero-order chi connectivity index (χ0) is 8.97. The summed E-state index contributed by atoms with van der Waals surface area (Å²) in [4.78, 5) is 0. The molecular formula is C9H10N2O. The van der Waals surface area contributed by atoms with Crippen molar-refractivity contribution in [2.45, 2.75) is 6.92 Å². The van der Waals surface area contributed by atoms with Crippen LogP contribution in [-0.4, -0.2) is 11.7 Å². The van der Waals surface area contributed by atoms with Gasteiger partial charge in [0.25, 0.3) is 0 Å². The number of phenolic OH excluding ortho intramolecular Hbond substituents is 1. The molecule has 0 aliphatic rings. The third kappa shape index (κ3) is 1.48. The Labute approximate surface area is 71.3 Å². The molecular weight excluding hydrogens is 152 g/mol. The molecule has 0 unspecified atom stereocenters. The maximum absolute atomic E-state index is 9.43. The molecule has 1 aromatic rings. The Morgan fingerprint density at radius 3 is 2.92 bits per heavy atom. The van der Waals surface area contributed by atoms with Crippen LogP contribution in [0.4, 0.5) is 5.69 Å². The number of rotatable bonds is 2. The fraction of sp³-hybridized carbons (Fsp3) is 0.222. The SMILES string of the molecule is CCNc1cccc(C#N)c1O. The van der Waals surface area contributed by atoms with E-state index in [1.54, 1.807) is 18.2 Å². The van der Waals surface area contributed by atoms with Crippen LogP contribution in [0.15, 0.2) is 18.2 Å². The summed E-state index contributed by atoms with van der Waals surface area (Å²) in [6, 6.07) is 6.95. The Morgan fingerprint density at radius 1 is 1.58 bits per heavy atom. The first-order valence-electron chi connectivity index (χ1n) is 3.75. The van der Waals surface area contributed by atoms with Gasteiger partial charge in [-0.1, -0.05) is 6.07 Å². The van der Waals surface area contributed by atoms with Crippen molar-refractivity contribution in [3.63, 3.8) is 0 Å². The molecule has 0 heterocycles. The van der Waals surface area contributed by atoms with E-state index >= 15 is 0 Å². The predicted molar refractivity (Wildman–Crippen MR) is 47.0 cm³/mol. The van der Waals surface area contributed by atoms with Gasteiger partial charge >= 0.3 is 0 Å². The molecule has 0 spiro atoms. The van der Waals surface area contributed by atoms with E-state index in [1.807, 2.05) is 13.0 Å². The maximum atomic E-state index is 9.43. The Balaban J connectivity index is 3.07. The summed E-state index contributed by atoms with van der Waals surface area (Å²) in [6.45, 7) is 2.65. The molecule has 2 N–H and O–H groups in total. The third-order valence-electron chi connectivity index (χ3n) is 1.52. The molecule has 12 heavy (non-hydrogen) atoms. The smallest absolute Gasteiger partial charge is 0.156 e. The van der Waals surface area contributed by atoms with E-state index < -0.39 is 0 Å². The quantitative estimate of drug-likeness (QED) is 0.650. The number of nitriles is 1. The molecule has 0 aromatic heterocycles. The Bertz CT molecular complexity index is 315. The van der Waals surface area contributed by atoms with Crippen LogP contribution in [0.1, 0.15) is 12.5 Å². The molecule has 0 amide bonds. The first-order valence-corrected chi connectivity index (χ1v) is 3.75. The van der Waals surface area contributed by atoms with Gasteiger partial charge in [0, 0.05) is 6.54 Å². The number of phenols is 1. The van der Waals surface area contributed by atoms with Gasteiger partial charge in [-0.15, -0.1) is 0 Å². The van der Waals surface area contributed by atoms with Crippen LogP contribution in [0.3, 0.4) is 0 Å². The van der Waals surface area contributed by atoms with Crippen molar-refractivity contribution >= 4 is 5.69 Å². The molecule has 0 saturated heterocycles. The highest BCUT2D eigenvalue weighted by atomic mass is 16.3. The summed E-state index contributed by atoms with van der Waals surface area (Å²) in [5.41, 5.74) is 0.907. The third-order valence-corrected chi connectivity index (χ3v) is 1.52. The highest BCUT2D eigenvalue weighted by molar-refractivity contribution is 5.62. The second-order valence-electron chi connectivity index (χ2n) is 2.34. The number of para-hydroxylation sites is 1. The summed E-state index contributed by atoms with van der Waals surface area (Å²) < 4.78 is 0. The molecule has 0 radical (unpaired) electrons. The lowest BCUT2D eigenvalue weighted by Gasteiger charge is -2.05. The van der Waals surface area contributed by atoms with E-state index in [9.17, 15) is 5.11 Å². The summed E-state index contributed by atoms with van der Waals surface area (Å²) in [5.74, 6) is 0.0295. The van der Waals surface area contributed by atoms with Crippen LogP contribution < -0.4 is 5.32 Å². The minimum atomic E-state index is 0.0295. The molecule has 1 aromatic carbocycles. The van der Waals surface area contributed by atoms with Gasteiger partial charge in [-0.2, -0.15) is 5.26 Å². The standard InChI is InChI=1S/C9H10N2O/c1-2-11-8-5-3-4-7(6-10)9(8)12/h3-5,11-12H,2H2,1H3. The average molecular weight is 162 g/mol. The van der Waals surface area contributed by atoms with Crippen LogP contribution >= 0.6 is 0 Å². The van der Waals surface area contributed by atoms with Crippen LogP contribution in [-0.2, 0) is 0 Å². The second-order valence-corrected chi connectivity index (χ2v) is 2.34. The Morgan fingerprint density at radius 2 is 2.33 bits per heavy atom. The van der Waals surface area contributed by atoms with Crippen LogP contribution in [0.2, 0.25) is 0 Å². The summed E-state index contributed by atoms with van der Waals surface area (Å²) in [7, 11) is 0. The summed E-state index contributed by atoms with van der Waals surface area (Å²) >= 11 is 0. The lowest BCUT2D eigenvalue weighted by atomic mass is 10.2. The van der Waals surface area contributed by atoms with E-state index in [1.165, 1.54) is 0 Å². The number of benzene rings is 1. The topological polar surface area (TPSA) is 56.0 Å². The number of aromatic hydroxyl groups is 1. The predicted octanol–water partition coefficient (Wildman–Crippen LogP) is 1.70. The number of anilines is 1. The van der Waals surface area contributed by atoms with Gasteiger partial charge in [0.2, 0.25) is 0 Å². The number of nitrogens with one attached hydrogen (secondary N) is 1. The average Bonchev–Trinajstić information content (AvgIpc) is 2.09. The largest absolute Gasteiger partial charge is 0.504 e. The van der Waals surface area contributed by atoms with Crippen molar-refractivity contribution in [1.82, 2.24) is 0 Å². The number of hydrogen-bond donors (Lipinski definition) is 2. The van der Waals surface area contributed by atoms with Crippen LogP contribution in [0.25, 0.3) is 0 Å². The van der Waals surface area contributed by atoms with E-state index in [2.05, 4.69) is 5.32 Å². The maximum Gasteiger partial charge on any atom is 0.156 e. The highest BCUT2D eigenvalue weighted by Crippen LogP contribution is 2.26. The van der Waals surface area contributed by atoms with Crippen molar-refractivity contribution < 1.29 is 5.11 Å². The van der Waals surface area contributed by atoms with Crippen LogP contribution in [0, 0.1) is 11.3 Å². The molecule has 0 aliphatic carbocycles. The van der Waals surface area contributed by atoms with Gasteiger partial charge in [-0.3, -0.25) is 0 Å². The fourth-order valence-corrected chi connectivity index (χ4v) is 0.967. The van der Waals surface area contributed by atoms with Gasteiger partial charge in [0.1, 0.15) is 6.07 Å².